The summed E-state index contributed by atoms with van der Waals surface area (Å²) in [4.78, 5) is 2.49. The highest BCUT2D eigenvalue weighted by molar-refractivity contribution is 5.49. The van der Waals surface area contributed by atoms with E-state index in [4.69, 9.17) is 4.74 Å². The van der Waals surface area contributed by atoms with Crippen LogP contribution in [-0.2, 0) is 11.2 Å². The second-order valence-electron chi connectivity index (χ2n) is 6.88. The predicted molar refractivity (Wildman–Crippen MR) is 95.7 cm³/mol. The minimum atomic E-state index is 0.294. The number of morpholine rings is 1. The van der Waals surface area contributed by atoms with Gasteiger partial charge in [-0.2, -0.15) is 0 Å². The van der Waals surface area contributed by atoms with E-state index in [1.54, 1.807) is 0 Å². The number of aryl methyl sites for hydroxylation is 1. The van der Waals surface area contributed by atoms with Gasteiger partial charge in [-0.1, -0.05) is 44.7 Å². The van der Waals surface area contributed by atoms with Gasteiger partial charge < -0.3 is 9.64 Å². The topological polar surface area (TPSA) is 12.5 Å². The van der Waals surface area contributed by atoms with Crippen LogP contribution < -0.4 is 4.90 Å². The molecule has 0 aromatic heterocycles. The largest absolute Gasteiger partial charge is 0.372 e. The SMILES string of the molecule is CCCCCCCc1ccc(N2C[C@H](C)O[C@H](C)C2C)cc1. The summed E-state index contributed by atoms with van der Waals surface area (Å²) in [6.07, 6.45) is 8.59. The van der Waals surface area contributed by atoms with E-state index in [1.165, 1.54) is 49.8 Å². The van der Waals surface area contributed by atoms with Crippen LogP contribution in [0.1, 0.15) is 65.4 Å². The van der Waals surface area contributed by atoms with Crippen LogP contribution in [0.25, 0.3) is 0 Å². The first-order chi connectivity index (χ1) is 10.6. The highest BCUT2D eigenvalue weighted by Crippen LogP contribution is 2.25. The van der Waals surface area contributed by atoms with Gasteiger partial charge in [0.1, 0.15) is 0 Å². The lowest BCUT2D eigenvalue weighted by Gasteiger charge is -2.42. The lowest BCUT2D eigenvalue weighted by atomic mass is 10.0. The van der Waals surface area contributed by atoms with Crippen molar-refractivity contribution in [2.24, 2.45) is 0 Å². The third-order valence-electron chi connectivity index (χ3n) is 4.91. The molecule has 0 spiro atoms. The van der Waals surface area contributed by atoms with Crippen LogP contribution in [0.5, 0.6) is 0 Å². The summed E-state index contributed by atoms with van der Waals surface area (Å²) in [6.45, 7) is 9.87. The van der Waals surface area contributed by atoms with E-state index in [-0.39, 0.29) is 0 Å². The molecule has 22 heavy (non-hydrogen) atoms. The standard InChI is InChI=1S/C20H33NO/c1-5-6-7-8-9-10-19-11-13-20(14-12-19)21-15-16(2)22-18(4)17(21)3/h11-14,16-18H,5-10,15H2,1-4H3/t16-,17?,18+/m0/s1. The van der Waals surface area contributed by atoms with E-state index in [0.717, 1.165) is 6.54 Å². The number of unbranched alkanes of at least 4 members (excludes halogenated alkanes) is 4. The number of ether oxygens (including phenoxy) is 1. The van der Waals surface area contributed by atoms with Crippen LogP contribution in [0, 0.1) is 0 Å². The fourth-order valence-electron chi connectivity index (χ4n) is 3.35. The molecule has 0 N–H and O–H groups in total. The molecular formula is C20H33NO. The molecule has 0 bridgehead atoms. The lowest BCUT2D eigenvalue weighted by Crippen LogP contribution is -2.52. The monoisotopic (exact) mass is 303 g/mol. The molecule has 1 unspecified atom stereocenters. The molecule has 2 rings (SSSR count). The zero-order valence-corrected chi connectivity index (χ0v) is 14.8. The van der Waals surface area contributed by atoms with Crippen molar-refractivity contribution < 1.29 is 4.74 Å². The number of benzene rings is 1. The molecule has 2 nitrogen and oxygen atoms in total. The number of nitrogens with zero attached hydrogens (tertiary/aromatic N) is 1. The summed E-state index contributed by atoms with van der Waals surface area (Å²) in [5, 5.41) is 0. The van der Waals surface area contributed by atoms with Crippen molar-refractivity contribution in [1.82, 2.24) is 0 Å². The maximum absolute atomic E-state index is 5.92. The van der Waals surface area contributed by atoms with Crippen molar-refractivity contribution in [3.63, 3.8) is 0 Å². The Kier molecular flexibility index (Phi) is 6.75. The van der Waals surface area contributed by atoms with Gasteiger partial charge in [-0.3, -0.25) is 0 Å². The summed E-state index contributed by atoms with van der Waals surface area (Å²) in [5.74, 6) is 0. The Labute approximate surface area is 136 Å². The summed E-state index contributed by atoms with van der Waals surface area (Å²) in [6, 6.07) is 9.65. The van der Waals surface area contributed by atoms with Crippen LogP contribution in [0.15, 0.2) is 24.3 Å². The average Bonchev–Trinajstić information content (AvgIpc) is 2.51. The maximum Gasteiger partial charge on any atom is 0.0751 e. The van der Waals surface area contributed by atoms with Crippen molar-refractivity contribution in [2.45, 2.75) is 84.5 Å². The van der Waals surface area contributed by atoms with Crippen LogP contribution >= 0.6 is 0 Å². The van der Waals surface area contributed by atoms with Gasteiger partial charge in [0.2, 0.25) is 0 Å². The number of hydrogen-bond donors (Lipinski definition) is 0. The second kappa shape index (κ2) is 8.57. The summed E-state index contributed by atoms with van der Waals surface area (Å²) >= 11 is 0. The lowest BCUT2D eigenvalue weighted by molar-refractivity contribution is -0.0257. The summed E-state index contributed by atoms with van der Waals surface area (Å²) in [5.41, 5.74) is 2.81. The van der Waals surface area contributed by atoms with Gasteiger partial charge in [0.05, 0.1) is 18.2 Å². The van der Waals surface area contributed by atoms with Gasteiger partial charge in [-0.05, 0) is 51.3 Å². The highest BCUT2D eigenvalue weighted by Gasteiger charge is 2.29. The first-order valence-electron chi connectivity index (χ1n) is 9.13. The fourth-order valence-corrected chi connectivity index (χ4v) is 3.35. The molecule has 0 aliphatic carbocycles. The predicted octanol–water partition coefficient (Wildman–Crippen LogP) is 5.20. The molecule has 1 aromatic carbocycles. The van der Waals surface area contributed by atoms with E-state index < -0.39 is 0 Å². The summed E-state index contributed by atoms with van der Waals surface area (Å²) in [7, 11) is 0. The molecule has 1 saturated heterocycles. The molecular weight excluding hydrogens is 270 g/mol. The van der Waals surface area contributed by atoms with Gasteiger partial charge in [0, 0.05) is 12.2 Å². The minimum Gasteiger partial charge on any atom is -0.372 e. The molecule has 124 valence electrons. The van der Waals surface area contributed by atoms with E-state index in [9.17, 15) is 0 Å². The minimum absolute atomic E-state index is 0.294. The zero-order valence-electron chi connectivity index (χ0n) is 14.8. The van der Waals surface area contributed by atoms with Crippen molar-refractivity contribution in [3.8, 4) is 0 Å². The van der Waals surface area contributed by atoms with Crippen LogP contribution in [0.3, 0.4) is 0 Å². The first-order valence-corrected chi connectivity index (χ1v) is 9.13. The molecule has 1 aromatic rings. The smallest absolute Gasteiger partial charge is 0.0751 e. The molecule has 1 aliphatic heterocycles. The second-order valence-corrected chi connectivity index (χ2v) is 6.88. The molecule has 0 amide bonds. The number of rotatable bonds is 7. The normalized spacial score (nSPS) is 25.5. The third-order valence-corrected chi connectivity index (χ3v) is 4.91. The molecule has 2 heteroatoms. The van der Waals surface area contributed by atoms with Crippen LogP contribution in [0.2, 0.25) is 0 Å². The van der Waals surface area contributed by atoms with Gasteiger partial charge in [0.25, 0.3) is 0 Å². The zero-order chi connectivity index (χ0) is 15.9. The van der Waals surface area contributed by atoms with E-state index in [1.807, 2.05) is 0 Å². The Morgan fingerprint density at radius 1 is 1.00 bits per heavy atom. The molecule has 0 radical (unpaired) electrons. The fraction of sp³-hybridized carbons (Fsp3) is 0.700. The molecule has 3 atom stereocenters. The van der Waals surface area contributed by atoms with Gasteiger partial charge in [0.15, 0.2) is 0 Å². The van der Waals surface area contributed by atoms with Crippen molar-refractivity contribution in [1.29, 1.82) is 0 Å². The Bertz CT molecular complexity index is 428. The Balaban J connectivity index is 1.88. The number of anilines is 1. The number of hydrogen-bond acceptors (Lipinski definition) is 2. The quantitative estimate of drug-likeness (QED) is 0.642. The molecule has 1 fully saturated rings. The van der Waals surface area contributed by atoms with Gasteiger partial charge in [-0.15, -0.1) is 0 Å². The third kappa shape index (κ3) is 4.74. The van der Waals surface area contributed by atoms with Gasteiger partial charge >= 0.3 is 0 Å². The maximum atomic E-state index is 5.92. The van der Waals surface area contributed by atoms with Gasteiger partial charge in [-0.25, -0.2) is 0 Å². The van der Waals surface area contributed by atoms with Crippen LogP contribution in [-0.4, -0.2) is 24.8 Å². The molecule has 0 saturated carbocycles. The van der Waals surface area contributed by atoms with Crippen molar-refractivity contribution in [2.75, 3.05) is 11.4 Å². The summed E-state index contributed by atoms with van der Waals surface area (Å²) < 4.78 is 5.92. The Hall–Kier alpha value is -1.02. The van der Waals surface area contributed by atoms with E-state index in [2.05, 4.69) is 56.9 Å². The first kappa shape index (κ1) is 17.3. The average molecular weight is 303 g/mol. The molecule has 1 aliphatic rings. The van der Waals surface area contributed by atoms with Crippen molar-refractivity contribution >= 4 is 5.69 Å². The van der Waals surface area contributed by atoms with E-state index in [0.29, 0.717) is 18.2 Å². The van der Waals surface area contributed by atoms with Crippen molar-refractivity contribution in [3.05, 3.63) is 29.8 Å². The Morgan fingerprint density at radius 2 is 1.68 bits per heavy atom. The highest BCUT2D eigenvalue weighted by atomic mass is 16.5. The Morgan fingerprint density at radius 3 is 2.36 bits per heavy atom. The van der Waals surface area contributed by atoms with Crippen LogP contribution in [0.4, 0.5) is 5.69 Å². The molecule has 1 heterocycles. The van der Waals surface area contributed by atoms with E-state index >= 15 is 0 Å².